The van der Waals surface area contributed by atoms with E-state index in [1.807, 2.05) is 0 Å². The van der Waals surface area contributed by atoms with Gasteiger partial charge < -0.3 is 5.11 Å². The second-order valence-electron chi connectivity index (χ2n) is 8.05. The fraction of sp³-hybridized carbons (Fsp3) is 0.318. The number of para-hydroxylation sites is 1. The van der Waals surface area contributed by atoms with Crippen molar-refractivity contribution in [2.75, 3.05) is 4.90 Å². The molecule has 0 saturated carbocycles. The van der Waals surface area contributed by atoms with Crippen molar-refractivity contribution in [1.82, 2.24) is 5.32 Å². The molecule has 2 aromatic carbocycles. The Kier molecular flexibility index (Phi) is 4.69. The van der Waals surface area contributed by atoms with Gasteiger partial charge in [-0.05, 0) is 43.2 Å². The van der Waals surface area contributed by atoms with Crippen molar-refractivity contribution >= 4 is 23.5 Å². The Hall–Kier alpha value is -3.20. The number of hydrogen-bond acceptors (Lipinski definition) is 4. The van der Waals surface area contributed by atoms with Crippen molar-refractivity contribution < 1.29 is 32.7 Å². The number of nitrogens with one attached hydrogen (secondary N) is 1. The first-order chi connectivity index (χ1) is 14.5. The molecule has 2 N–H and O–H groups in total. The molecule has 9 heteroatoms. The number of carbonyl (C=O) groups excluding carboxylic acids is 2. The summed E-state index contributed by atoms with van der Waals surface area (Å²) >= 11 is 0. The zero-order valence-corrected chi connectivity index (χ0v) is 16.6. The zero-order valence-electron chi connectivity index (χ0n) is 16.6. The minimum atomic E-state index is -4.60. The minimum absolute atomic E-state index is 0.0996. The van der Waals surface area contributed by atoms with E-state index in [1.54, 1.807) is 31.2 Å². The Morgan fingerprint density at radius 3 is 2.39 bits per heavy atom. The number of anilines is 1. The SMILES string of the molecule is Cc1ccccc1N1C(=O)C2C(c3cccc(C(F)(F)F)c3)NC(C)(C(=O)O)C2C1=O. The van der Waals surface area contributed by atoms with E-state index in [0.29, 0.717) is 11.3 Å². The van der Waals surface area contributed by atoms with Crippen LogP contribution in [-0.4, -0.2) is 28.4 Å². The van der Waals surface area contributed by atoms with Gasteiger partial charge in [0.2, 0.25) is 11.8 Å². The molecule has 6 nitrogen and oxygen atoms in total. The number of aryl methyl sites for hydroxylation is 1. The Labute approximate surface area is 175 Å². The molecule has 2 fully saturated rings. The average Bonchev–Trinajstić information content (AvgIpc) is 3.16. The summed E-state index contributed by atoms with van der Waals surface area (Å²) in [7, 11) is 0. The standard InChI is InChI=1S/C22H19F3N2O4/c1-11-6-3-4-9-14(11)27-18(28)15-16(19(27)29)21(2,20(30)31)26-17(15)12-7-5-8-13(10-12)22(23,24)25/h3-10,15-17,26H,1-2H3,(H,30,31). The van der Waals surface area contributed by atoms with Crippen LogP contribution in [0, 0.1) is 18.8 Å². The molecule has 162 valence electrons. The van der Waals surface area contributed by atoms with Gasteiger partial charge >= 0.3 is 12.1 Å². The van der Waals surface area contributed by atoms with E-state index in [0.717, 1.165) is 17.0 Å². The van der Waals surface area contributed by atoms with E-state index in [2.05, 4.69) is 5.32 Å². The van der Waals surface area contributed by atoms with E-state index in [4.69, 9.17) is 0 Å². The molecule has 2 aliphatic rings. The van der Waals surface area contributed by atoms with E-state index in [1.165, 1.54) is 19.1 Å². The van der Waals surface area contributed by atoms with Crippen LogP contribution in [0.25, 0.3) is 0 Å². The second-order valence-corrected chi connectivity index (χ2v) is 8.05. The smallest absolute Gasteiger partial charge is 0.416 e. The first-order valence-corrected chi connectivity index (χ1v) is 9.58. The number of carbonyl (C=O) groups is 3. The van der Waals surface area contributed by atoms with Crippen LogP contribution in [0.15, 0.2) is 48.5 Å². The summed E-state index contributed by atoms with van der Waals surface area (Å²) in [5, 5.41) is 12.6. The Morgan fingerprint density at radius 2 is 1.77 bits per heavy atom. The highest BCUT2D eigenvalue weighted by atomic mass is 19.4. The molecule has 0 aromatic heterocycles. The number of halogens is 3. The van der Waals surface area contributed by atoms with Gasteiger partial charge in [-0.25, -0.2) is 4.90 Å². The lowest BCUT2D eigenvalue weighted by Gasteiger charge is -2.28. The van der Waals surface area contributed by atoms with E-state index < -0.39 is 52.9 Å². The van der Waals surface area contributed by atoms with Gasteiger partial charge in [-0.15, -0.1) is 0 Å². The number of aliphatic carboxylic acids is 1. The van der Waals surface area contributed by atoms with Crippen molar-refractivity contribution in [3.05, 3.63) is 65.2 Å². The maximum absolute atomic E-state index is 13.4. The number of amides is 2. The van der Waals surface area contributed by atoms with Gasteiger partial charge in [0, 0.05) is 6.04 Å². The normalized spacial score (nSPS) is 28.2. The van der Waals surface area contributed by atoms with Gasteiger partial charge in [-0.3, -0.25) is 19.7 Å². The molecule has 31 heavy (non-hydrogen) atoms. The molecule has 0 radical (unpaired) electrons. The fourth-order valence-electron chi connectivity index (χ4n) is 4.58. The number of carboxylic acid groups (broad SMARTS) is 1. The van der Waals surface area contributed by atoms with Gasteiger partial charge in [0.05, 0.1) is 23.1 Å². The van der Waals surface area contributed by atoms with Crippen molar-refractivity contribution in [2.24, 2.45) is 11.8 Å². The first kappa shape index (κ1) is 21.0. The highest BCUT2D eigenvalue weighted by Gasteiger charge is 2.67. The van der Waals surface area contributed by atoms with Crippen molar-refractivity contribution in [2.45, 2.75) is 31.6 Å². The average molecular weight is 432 g/mol. The van der Waals surface area contributed by atoms with Gasteiger partial charge in [0.25, 0.3) is 0 Å². The second kappa shape index (κ2) is 6.91. The number of hydrogen-bond donors (Lipinski definition) is 2. The highest BCUT2D eigenvalue weighted by Crippen LogP contribution is 2.50. The molecule has 0 aliphatic carbocycles. The molecule has 2 aromatic rings. The van der Waals surface area contributed by atoms with Gasteiger partial charge in [-0.1, -0.05) is 30.3 Å². The molecule has 4 rings (SSSR count). The molecular formula is C22H19F3N2O4. The molecule has 4 atom stereocenters. The molecule has 0 bridgehead atoms. The maximum atomic E-state index is 13.4. The molecule has 0 spiro atoms. The molecule has 2 amide bonds. The quantitative estimate of drug-likeness (QED) is 0.727. The first-order valence-electron chi connectivity index (χ1n) is 9.58. The van der Waals surface area contributed by atoms with Crippen LogP contribution in [0.2, 0.25) is 0 Å². The van der Waals surface area contributed by atoms with Crippen molar-refractivity contribution in [3.63, 3.8) is 0 Å². The number of alkyl halides is 3. The number of rotatable bonds is 3. The minimum Gasteiger partial charge on any atom is -0.480 e. The number of benzene rings is 2. The Balaban J connectivity index is 1.84. The third kappa shape index (κ3) is 3.11. The van der Waals surface area contributed by atoms with E-state index in [-0.39, 0.29) is 5.56 Å². The van der Waals surface area contributed by atoms with Gasteiger partial charge in [-0.2, -0.15) is 13.2 Å². The number of imide groups is 1. The summed E-state index contributed by atoms with van der Waals surface area (Å²) in [6, 6.07) is 9.98. The predicted octanol–water partition coefficient (Wildman–Crippen LogP) is 3.31. The van der Waals surface area contributed by atoms with Gasteiger partial charge in [0.1, 0.15) is 5.54 Å². The Bertz CT molecular complexity index is 1100. The summed E-state index contributed by atoms with van der Waals surface area (Å²) in [5.41, 5.74) is -1.66. The van der Waals surface area contributed by atoms with Crippen LogP contribution in [0.3, 0.4) is 0 Å². The zero-order chi connectivity index (χ0) is 22.7. The third-order valence-electron chi connectivity index (χ3n) is 6.16. The van der Waals surface area contributed by atoms with Crippen molar-refractivity contribution in [1.29, 1.82) is 0 Å². The monoisotopic (exact) mass is 432 g/mol. The lowest BCUT2D eigenvalue weighted by Crippen LogP contribution is -2.53. The molecule has 4 unspecified atom stereocenters. The van der Waals surface area contributed by atoms with Crippen LogP contribution in [0.4, 0.5) is 18.9 Å². The lowest BCUT2D eigenvalue weighted by molar-refractivity contribution is -0.147. The number of nitrogens with zero attached hydrogens (tertiary/aromatic N) is 1. The van der Waals surface area contributed by atoms with E-state index >= 15 is 0 Å². The Morgan fingerprint density at radius 1 is 1.10 bits per heavy atom. The summed E-state index contributed by atoms with van der Waals surface area (Å²) in [6.07, 6.45) is -4.60. The van der Waals surface area contributed by atoms with Crippen LogP contribution in [-0.2, 0) is 20.6 Å². The van der Waals surface area contributed by atoms with Crippen LogP contribution >= 0.6 is 0 Å². The molecule has 2 heterocycles. The van der Waals surface area contributed by atoms with Crippen LogP contribution < -0.4 is 10.2 Å². The van der Waals surface area contributed by atoms with Crippen molar-refractivity contribution in [3.8, 4) is 0 Å². The predicted molar refractivity (Wildman–Crippen MR) is 104 cm³/mol. The summed E-state index contributed by atoms with van der Waals surface area (Å²) < 4.78 is 39.7. The molecule has 2 aliphatic heterocycles. The molecular weight excluding hydrogens is 413 g/mol. The number of fused-ring (bicyclic) bond motifs is 1. The van der Waals surface area contributed by atoms with Crippen LogP contribution in [0.1, 0.15) is 29.7 Å². The van der Waals surface area contributed by atoms with Gasteiger partial charge in [0.15, 0.2) is 0 Å². The fourth-order valence-corrected chi connectivity index (χ4v) is 4.58. The van der Waals surface area contributed by atoms with E-state index in [9.17, 15) is 32.7 Å². The maximum Gasteiger partial charge on any atom is 0.416 e. The molecule has 2 saturated heterocycles. The third-order valence-corrected chi connectivity index (χ3v) is 6.16. The summed E-state index contributed by atoms with van der Waals surface area (Å²) in [6.45, 7) is 3.00. The number of carboxylic acids is 1. The summed E-state index contributed by atoms with van der Waals surface area (Å²) in [5.74, 6) is -5.10. The highest BCUT2D eigenvalue weighted by molar-refractivity contribution is 6.24. The van der Waals surface area contributed by atoms with Crippen LogP contribution in [0.5, 0.6) is 0 Å². The lowest BCUT2D eigenvalue weighted by atomic mass is 9.80. The largest absolute Gasteiger partial charge is 0.480 e. The topological polar surface area (TPSA) is 86.7 Å². The summed E-state index contributed by atoms with van der Waals surface area (Å²) in [4.78, 5) is 39.7.